The van der Waals surface area contributed by atoms with E-state index in [2.05, 4.69) is 5.32 Å². The van der Waals surface area contributed by atoms with Gasteiger partial charge in [-0.15, -0.1) is 0 Å². The smallest absolute Gasteiger partial charge is 0.353 e. The van der Waals surface area contributed by atoms with Crippen LogP contribution in [0.3, 0.4) is 0 Å². The molecule has 2 aliphatic carbocycles. The fourth-order valence-electron chi connectivity index (χ4n) is 5.89. The van der Waals surface area contributed by atoms with Crippen LogP contribution in [0.1, 0.15) is 54.7 Å². The van der Waals surface area contributed by atoms with E-state index in [9.17, 15) is 40.3 Å². The van der Waals surface area contributed by atoms with Crippen molar-refractivity contribution in [2.75, 3.05) is 13.1 Å². The molecule has 0 unspecified atom stereocenters. The van der Waals surface area contributed by atoms with Crippen LogP contribution in [0.25, 0.3) is 0 Å². The van der Waals surface area contributed by atoms with E-state index < -0.39 is 29.5 Å². The quantitative estimate of drug-likeness (QED) is 0.576. The van der Waals surface area contributed by atoms with Crippen LogP contribution in [-0.2, 0) is 21.7 Å². The number of alkyl halides is 7. The zero-order chi connectivity index (χ0) is 26.5. The molecular formula is C24H24F7N3O2. The van der Waals surface area contributed by atoms with Crippen LogP contribution in [0.5, 0.6) is 0 Å². The second-order valence-corrected chi connectivity index (χ2v) is 9.72. The summed E-state index contributed by atoms with van der Waals surface area (Å²) in [4.78, 5) is 26.4. The molecular weight excluding hydrogens is 495 g/mol. The van der Waals surface area contributed by atoms with Crippen molar-refractivity contribution < 1.29 is 40.3 Å². The van der Waals surface area contributed by atoms with E-state index >= 15 is 0 Å². The molecule has 1 aliphatic heterocycles. The highest BCUT2D eigenvalue weighted by Crippen LogP contribution is 2.54. The van der Waals surface area contributed by atoms with Gasteiger partial charge in [0.15, 0.2) is 0 Å². The van der Waals surface area contributed by atoms with Gasteiger partial charge < -0.3 is 10.2 Å². The Kier molecular flexibility index (Phi) is 6.73. The van der Waals surface area contributed by atoms with E-state index in [1.807, 2.05) is 6.07 Å². The maximum absolute atomic E-state index is 14.5. The number of benzene rings is 1. The summed E-state index contributed by atoms with van der Waals surface area (Å²) < 4.78 is 93.5. The molecule has 1 saturated heterocycles. The molecule has 5 nitrogen and oxygen atoms in total. The number of aryl methyl sites for hydroxylation is 1. The van der Waals surface area contributed by atoms with Crippen molar-refractivity contribution >= 4 is 11.8 Å². The molecule has 3 aliphatic rings. The number of hydrogen-bond acceptors (Lipinski definition) is 3. The molecule has 1 saturated carbocycles. The molecule has 1 aromatic rings. The van der Waals surface area contributed by atoms with Gasteiger partial charge in [0.05, 0.1) is 18.4 Å². The fraction of sp³-hybridized carbons (Fsp3) is 0.625. The summed E-state index contributed by atoms with van der Waals surface area (Å²) >= 11 is 0. The van der Waals surface area contributed by atoms with Crippen molar-refractivity contribution in [2.24, 2.45) is 11.8 Å². The van der Waals surface area contributed by atoms with Crippen LogP contribution < -0.4 is 5.32 Å². The zero-order valence-electron chi connectivity index (χ0n) is 19.1. The molecule has 0 bridgehead atoms. The fourth-order valence-corrected chi connectivity index (χ4v) is 5.89. The molecule has 0 aromatic heterocycles. The lowest BCUT2D eigenvalue weighted by molar-refractivity contribution is -0.348. The highest BCUT2D eigenvalue weighted by molar-refractivity contribution is 5.89. The maximum Gasteiger partial charge on any atom is 0.435 e. The average Bonchev–Trinajstić information content (AvgIpc) is 3.38. The first-order valence-electron chi connectivity index (χ1n) is 11.7. The molecule has 2 fully saturated rings. The predicted octanol–water partition coefficient (Wildman–Crippen LogP) is 4.66. The van der Waals surface area contributed by atoms with Crippen LogP contribution >= 0.6 is 0 Å². The molecule has 0 radical (unpaired) electrons. The van der Waals surface area contributed by atoms with Crippen LogP contribution in [0.4, 0.5) is 30.7 Å². The number of carbonyl (C=O) groups is 2. The number of fused-ring (bicyclic) bond motifs is 3. The number of rotatable bonds is 5. The standard InChI is InChI=1S/C24H24F7N3O2/c25-22(23(26,27)28,24(29,30)31)15-3-5-16-13(10-15)2-4-18-17(16)6-7-19(18)33-21(36)14-11-20(35)34(12-14)9-1-8-32/h3,5,10,14,17-19H,1-2,4,6-7,9,11-12H2,(H,33,36)/t14-,17-,18+,19+/m0/s1. The normalized spacial score (nSPS) is 26.4. The lowest BCUT2D eigenvalue weighted by atomic mass is 9.74. The molecule has 4 rings (SSSR count). The summed E-state index contributed by atoms with van der Waals surface area (Å²) in [6.07, 6.45) is -10.4. The van der Waals surface area contributed by atoms with Gasteiger partial charge >= 0.3 is 18.0 Å². The summed E-state index contributed by atoms with van der Waals surface area (Å²) in [6.45, 7) is 0.483. The summed E-state index contributed by atoms with van der Waals surface area (Å²) in [5, 5.41) is 11.7. The van der Waals surface area contributed by atoms with Crippen molar-refractivity contribution in [3.05, 3.63) is 34.9 Å². The monoisotopic (exact) mass is 519 g/mol. The van der Waals surface area contributed by atoms with E-state index in [1.54, 1.807) is 0 Å². The first kappa shape index (κ1) is 26.2. The third kappa shape index (κ3) is 4.41. The number of nitriles is 1. The molecule has 12 heteroatoms. The first-order valence-corrected chi connectivity index (χ1v) is 11.7. The Labute approximate surface area is 202 Å². The topological polar surface area (TPSA) is 73.2 Å². The van der Waals surface area contributed by atoms with Gasteiger partial charge in [-0.05, 0) is 48.6 Å². The van der Waals surface area contributed by atoms with E-state index in [4.69, 9.17) is 5.26 Å². The lowest BCUT2D eigenvalue weighted by Crippen LogP contribution is -2.50. The van der Waals surface area contributed by atoms with E-state index in [0.717, 1.165) is 6.07 Å². The third-order valence-corrected chi connectivity index (χ3v) is 7.70. The predicted molar refractivity (Wildman–Crippen MR) is 112 cm³/mol. The van der Waals surface area contributed by atoms with E-state index in [-0.39, 0.29) is 67.6 Å². The Morgan fingerprint density at radius 2 is 1.78 bits per heavy atom. The van der Waals surface area contributed by atoms with Crippen LogP contribution in [-0.4, -0.2) is 48.2 Å². The Hall–Kier alpha value is -2.84. The number of nitrogens with zero attached hydrogens (tertiary/aromatic N) is 2. The second-order valence-electron chi connectivity index (χ2n) is 9.72. The number of hydrogen-bond donors (Lipinski definition) is 1. The second kappa shape index (κ2) is 9.23. The minimum atomic E-state index is -6.16. The van der Waals surface area contributed by atoms with Crippen molar-refractivity contribution in [2.45, 2.75) is 68.5 Å². The minimum absolute atomic E-state index is 0.0487. The van der Waals surface area contributed by atoms with Gasteiger partial charge in [-0.1, -0.05) is 18.2 Å². The van der Waals surface area contributed by atoms with Gasteiger partial charge in [-0.3, -0.25) is 9.59 Å². The Morgan fingerprint density at radius 1 is 1.08 bits per heavy atom. The van der Waals surface area contributed by atoms with Crippen molar-refractivity contribution in [1.82, 2.24) is 10.2 Å². The van der Waals surface area contributed by atoms with Gasteiger partial charge in [0.1, 0.15) is 0 Å². The summed E-state index contributed by atoms with van der Waals surface area (Å²) in [7, 11) is 0. The number of amides is 2. The number of likely N-dealkylation sites (tertiary alicyclic amines) is 1. The number of carbonyl (C=O) groups excluding carboxylic acids is 2. The van der Waals surface area contributed by atoms with Gasteiger partial charge in [0.25, 0.3) is 0 Å². The molecule has 36 heavy (non-hydrogen) atoms. The van der Waals surface area contributed by atoms with Crippen LogP contribution in [0.15, 0.2) is 18.2 Å². The first-order chi connectivity index (χ1) is 16.8. The molecule has 4 atom stereocenters. The van der Waals surface area contributed by atoms with Crippen molar-refractivity contribution in [3.8, 4) is 6.07 Å². The van der Waals surface area contributed by atoms with Crippen LogP contribution in [0.2, 0.25) is 0 Å². The van der Waals surface area contributed by atoms with Crippen LogP contribution in [0, 0.1) is 23.2 Å². The highest BCUT2D eigenvalue weighted by atomic mass is 19.4. The Morgan fingerprint density at radius 3 is 2.42 bits per heavy atom. The Bertz CT molecular complexity index is 1060. The summed E-state index contributed by atoms with van der Waals surface area (Å²) in [5.74, 6) is -1.28. The third-order valence-electron chi connectivity index (χ3n) is 7.70. The Balaban J connectivity index is 1.47. The molecule has 1 heterocycles. The van der Waals surface area contributed by atoms with Crippen molar-refractivity contribution in [1.29, 1.82) is 5.26 Å². The maximum atomic E-state index is 14.5. The minimum Gasteiger partial charge on any atom is -0.353 e. The van der Waals surface area contributed by atoms with Gasteiger partial charge in [0, 0.05) is 31.1 Å². The summed E-state index contributed by atoms with van der Waals surface area (Å²) in [5.41, 5.74) is -6.10. The highest BCUT2D eigenvalue weighted by Gasteiger charge is 2.73. The van der Waals surface area contributed by atoms with E-state index in [0.29, 0.717) is 37.0 Å². The van der Waals surface area contributed by atoms with E-state index in [1.165, 1.54) is 4.90 Å². The number of nitrogens with one attached hydrogen (secondary N) is 1. The molecule has 0 spiro atoms. The molecule has 2 amide bonds. The number of halogens is 7. The van der Waals surface area contributed by atoms with Crippen molar-refractivity contribution in [3.63, 3.8) is 0 Å². The lowest BCUT2D eigenvalue weighted by Gasteiger charge is -2.34. The molecule has 1 aromatic carbocycles. The summed E-state index contributed by atoms with van der Waals surface area (Å²) in [6, 6.07) is 4.11. The largest absolute Gasteiger partial charge is 0.435 e. The van der Waals surface area contributed by atoms with Gasteiger partial charge in [-0.2, -0.15) is 31.6 Å². The molecule has 196 valence electrons. The average molecular weight is 519 g/mol. The SMILES string of the molecule is N#CCCN1C[C@@H](C(=O)N[C@@H]2CC[C@H]3c4ccc(C(F)(C(F)(F)F)C(F)(F)F)cc4CC[C@@H]23)CC1=O. The van der Waals surface area contributed by atoms with Gasteiger partial charge in [-0.25, -0.2) is 4.39 Å². The zero-order valence-corrected chi connectivity index (χ0v) is 19.1. The molecule has 1 N–H and O–H groups in total. The van der Waals surface area contributed by atoms with Gasteiger partial charge in [0.2, 0.25) is 11.8 Å².